The van der Waals surface area contributed by atoms with Crippen LogP contribution in [0.25, 0.3) is 0 Å². The van der Waals surface area contributed by atoms with Gasteiger partial charge < -0.3 is 10.3 Å². The van der Waals surface area contributed by atoms with Crippen molar-refractivity contribution in [2.24, 2.45) is 12.8 Å². The largest absolute Gasteiger partial charge is 0.416 e. The fraction of sp³-hybridized carbons (Fsp3) is 0.333. The van der Waals surface area contributed by atoms with E-state index >= 15 is 0 Å². The Morgan fingerprint density at radius 2 is 2.10 bits per heavy atom. The van der Waals surface area contributed by atoms with Gasteiger partial charge in [-0.05, 0) is 42.4 Å². The minimum absolute atomic E-state index is 0.179. The Kier molecular flexibility index (Phi) is 4.34. The molecule has 1 aromatic heterocycles. The summed E-state index contributed by atoms with van der Waals surface area (Å²) in [6.45, 7) is 0.179. The summed E-state index contributed by atoms with van der Waals surface area (Å²) in [5.41, 5.74) is 4.91. The van der Waals surface area contributed by atoms with Gasteiger partial charge in [0.25, 0.3) is 0 Å². The number of rotatable bonds is 4. The molecule has 0 fully saturated rings. The molecule has 2 aromatic rings. The highest BCUT2D eigenvalue weighted by Gasteiger charge is 2.33. The molecule has 0 bridgehead atoms. The highest BCUT2D eigenvalue weighted by molar-refractivity contribution is 7.99. The van der Waals surface area contributed by atoms with E-state index in [0.29, 0.717) is 10.1 Å². The lowest BCUT2D eigenvalue weighted by atomic mass is 10.0. The van der Waals surface area contributed by atoms with Gasteiger partial charge >= 0.3 is 6.18 Å². The Hall–Kier alpha value is -1.54. The normalized spacial score (nSPS) is 11.8. The van der Waals surface area contributed by atoms with E-state index in [0.717, 1.165) is 17.8 Å². The standard InChI is InChI=1S/C12H13F3N4S/c1-19-7-17-18-11(19)20-9-3-2-8(4-5-16)10(6-9)12(13,14)15/h2-3,6-7H,4-5,16H2,1H3. The number of alkyl halides is 3. The van der Waals surface area contributed by atoms with Crippen LogP contribution in [0.3, 0.4) is 0 Å². The van der Waals surface area contributed by atoms with Gasteiger partial charge in [-0.1, -0.05) is 6.07 Å². The zero-order valence-electron chi connectivity index (χ0n) is 10.7. The molecular formula is C12H13F3N4S. The maximum Gasteiger partial charge on any atom is 0.416 e. The lowest BCUT2D eigenvalue weighted by Crippen LogP contribution is -2.12. The monoisotopic (exact) mass is 302 g/mol. The van der Waals surface area contributed by atoms with Crippen LogP contribution in [0, 0.1) is 0 Å². The molecule has 108 valence electrons. The van der Waals surface area contributed by atoms with Crippen molar-refractivity contribution in [1.82, 2.24) is 14.8 Å². The number of hydrogen-bond donors (Lipinski definition) is 1. The van der Waals surface area contributed by atoms with Crippen LogP contribution in [0.4, 0.5) is 13.2 Å². The summed E-state index contributed by atoms with van der Waals surface area (Å²) < 4.78 is 40.7. The Morgan fingerprint density at radius 3 is 2.65 bits per heavy atom. The molecule has 1 heterocycles. The van der Waals surface area contributed by atoms with Crippen LogP contribution in [0.2, 0.25) is 0 Å². The van der Waals surface area contributed by atoms with Crippen molar-refractivity contribution in [2.75, 3.05) is 6.54 Å². The summed E-state index contributed by atoms with van der Waals surface area (Å²) in [4.78, 5) is 0.467. The third kappa shape index (κ3) is 3.31. The van der Waals surface area contributed by atoms with Crippen LogP contribution in [-0.4, -0.2) is 21.3 Å². The molecule has 0 atom stereocenters. The molecule has 0 amide bonds. The van der Waals surface area contributed by atoms with E-state index in [2.05, 4.69) is 10.2 Å². The quantitative estimate of drug-likeness (QED) is 0.942. The first-order valence-electron chi connectivity index (χ1n) is 5.84. The highest BCUT2D eigenvalue weighted by Crippen LogP contribution is 2.36. The van der Waals surface area contributed by atoms with Crippen molar-refractivity contribution in [3.63, 3.8) is 0 Å². The number of aryl methyl sites for hydroxylation is 1. The lowest BCUT2D eigenvalue weighted by molar-refractivity contribution is -0.138. The van der Waals surface area contributed by atoms with Crippen LogP contribution in [0.5, 0.6) is 0 Å². The number of hydrogen-bond acceptors (Lipinski definition) is 4. The van der Waals surface area contributed by atoms with Gasteiger partial charge in [-0.2, -0.15) is 13.2 Å². The van der Waals surface area contributed by atoms with E-state index in [-0.39, 0.29) is 18.5 Å². The second kappa shape index (κ2) is 5.84. The summed E-state index contributed by atoms with van der Waals surface area (Å²) in [6.07, 6.45) is -2.69. The fourth-order valence-electron chi connectivity index (χ4n) is 1.73. The molecule has 0 unspecified atom stereocenters. The van der Waals surface area contributed by atoms with Crippen molar-refractivity contribution in [3.05, 3.63) is 35.7 Å². The first-order chi connectivity index (χ1) is 9.41. The molecular weight excluding hydrogens is 289 g/mol. The van der Waals surface area contributed by atoms with Crippen LogP contribution >= 0.6 is 11.8 Å². The molecule has 0 aliphatic rings. The molecule has 0 spiro atoms. The Balaban J connectivity index is 2.34. The van der Waals surface area contributed by atoms with E-state index in [4.69, 9.17) is 5.73 Å². The van der Waals surface area contributed by atoms with E-state index in [1.807, 2.05) is 0 Å². The molecule has 2 N–H and O–H groups in total. The van der Waals surface area contributed by atoms with Gasteiger partial charge in [0.2, 0.25) is 0 Å². The van der Waals surface area contributed by atoms with Crippen LogP contribution < -0.4 is 5.73 Å². The molecule has 0 aliphatic carbocycles. The third-order valence-corrected chi connectivity index (χ3v) is 3.72. The summed E-state index contributed by atoms with van der Waals surface area (Å²) in [7, 11) is 1.73. The predicted molar refractivity (Wildman–Crippen MR) is 69.3 cm³/mol. The van der Waals surface area contributed by atoms with Gasteiger partial charge in [0.1, 0.15) is 6.33 Å². The molecule has 0 saturated carbocycles. The van der Waals surface area contributed by atoms with Crippen LogP contribution in [0.15, 0.2) is 34.6 Å². The van der Waals surface area contributed by atoms with E-state index in [9.17, 15) is 13.2 Å². The van der Waals surface area contributed by atoms with Crippen molar-refractivity contribution in [2.45, 2.75) is 22.6 Å². The van der Waals surface area contributed by atoms with E-state index < -0.39 is 11.7 Å². The Labute approximate surface area is 118 Å². The molecule has 4 nitrogen and oxygen atoms in total. The molecule has 8 heteroatoms. The van der Waals surface area contributed by atoms with E-state index in [1.54, 1.807) is 17.7 Å². The second-order valence-corrected chi connectivity index (χ2v) is 5.22. The molecule has 0 aliphatic heterocycles. The maximum absolute atomic E-state index is 13.0. The number of nitrogens with zero attached hydrogens (tertiary/aromatic N) is 3. The topological polar surface area (TPSA) is 56.7 Å². The minimum Gasteiger partial charge on any atom is -0.330 e. The first kappa shape index (κ1) is 14.9. The lowest BCUT2D eigenvalue weighted by Gasteiger charge is -2.13. The van der Waals surface area contributed by atoms with Gasteiger partial charge in [-0.15, -0.1) is 10.2 Å². The molecule has 1 aromatic carbocycles. The Bertz CT molecular complexity index is 595. The van der Waals surface area contributed by atoms with Crippen LogP contribution in [0.1, 0.15) is 11.1 Å². The zero-order chi connectivity index (χ0) is 14.8. The summed E-state index contributed by atoms with van der Waals surface area (Å²) >= 11 is 1.14. The van der Waals surface area contributed by atoms with Crippen LogP contribution in [-0.2, 0) is 19.6 Å². The summed E-state index contributed by atoms with van der Waals surface area (Å²) in [5.74, 6) is 0. The predicted octanol–water partition coefficient (Wildman–Crippen LogP) is 2.49. The zero-order valence-corrected chi connectivity index (χ0v) is 11.5. The number of aromatic nitrogens is 3. The highest BCUT2D eigenvalue weighted by atomic mass is 32.2. The Morgan fingerprint density at radius 1 is 1.35 bits per heavy atom. The van der Waals surface area contributed by atoms with Gasteiger partial charge in [0.05, 0.1) is 5.56 Å². The number of benzene rings is 1. The maximum atomic E-state index is 13.0. The molecule has 2 rings (SSSR count). The van der Waals surface area contributed by atoms with Gasteiger partial charge in [-0.3, -0.25) is 0 Å². The third-order valence-electron chi connectivity index (χ3n) is 2.68. The fourth-order valence-corrected chi connectivity index (χ4v) is 2.53. The van der Waals surface area contributed by atoms with Crippen molar-refractivity contribution in [3.8, 4) is 0 Å². The molecule has 0 saturated heterocycles. The number of halogens is 3. The number of nitrogens with two attached hydrogens (primary N) is 1. The SMILES string of the molecule is Cn1cnnc1Sc1ccc(CCN)c(C(F)(F)F)c1. The first-order valence-corrected chi connectivity index (χ1v) is 6.65. The van der Waals surface area contributed by atoms with E-state index in [1.165, 1.54) is 12.4 Å². The van der Waals surface area contributed by atoms with Gasteiger partial charge in [0.15, 0.2) is 5.16 Å². The average Bonchev–Trinajstić information content (AvgIpc) is 2.76. The smallest absolute Gasteiger partial charge is 0.330 e. The van der Waals surface area contributed by atoms with Crippen molar-refractivity contribution in [1.29, 1.82) is 0 Å². The van der Waals surface area contributed by atoms with Crippen molar-refractivity contribution < 1.29 is 13.2 Å². The van der Waals surface area contributed by atoms with Gasteiger partial charge in [0, 0.05) is 11.9 Å². The van der Waals surface area contributed by atoms with Gasteiger partial charge in [-0.25, -0.2) is 0 Å². The molecule has 0 radical (unpaired) electrons. The summed E-state index contributed by atoms with van der Waals surface area (Å²) in [5, 5.41) is 8.06. The average molecular weight is 302 g/mol. The minimum atomic E-state index is -4.39. The molecule has 20 heavy (non-hydrogen) atoms. The van der Waals surface area contributed by atoms with Crippen molar-refractivity contribution >= 4 is 11.8 Å². The summed E-state index contributed by atoms with van der Waals surface area (Å²) in [6, 6.07) is 4.23. The second-order valence-electron chi connectivity index (χ2n) is 4.18.